The maximum Gasteiger partial charge on any atom is 0.330 e. The fourth-order valence-corrected chi connectivity index (χ4v) is 6.71. The number of fused-ring (bicyclic) bond motifs is 3. The van der Waals surface area contributed by atoms with Crippen LogP contribution in [0.25, 0.3) is 11.1 Å². The van der Waals surface area contributed by atoms with Gasteiger partial charge in [0.1, 0.15) is 0 Å². The number of anilines is 3. The summed E-state index contributed by atoms with van der Waals surface area (Å²) in [4.78, 5) is 13.6. The molecular weight excluding hydrogens is 566 g/mol. The Labute approximate surface area is 275 Å². The number of carbonyl (C=O) groups is 1. The van der Waals surface area contributed by atoms with E-state index in [0.29, 0.717) is 6.61 Å². The highest BCUT2D eigenvalue weighted by Gasteiger charge is 2.35. The van der Waals surface area contributed by atoms with Crippen LogP contribution in [0.4, 0.5) is 17.1 Å². The third-order valence-corrected chi connectivity index (χ3v) is 9.36. The number of carbonyl (C=O) groups excluding carboxylic acids is 1. The lowest BCUT2D eigenvalue weighted by atomic mass is 9.82. The van der Waals surface area contributed by atoms with E-state index in [-0.39, 0.29) is 18.0 Å². The molecule has 0 saturated heterocycles. The molecule has 4 heteroatoms. The lowest BCUT2D eigenvalue weighted by Crippen LogP contribution is -2.16. The largest absolute Gasteiger partial charge is 0.463 e. The van der Waals surface area contributed by atoms with Crippen molar-refractivity contribution >= 4 is 23.0 Å². The van der Waals surface area contributed by atoms with Crippen LogP contribution in [0.2, 0.25) is 0 Å². The van der Waals surface area contributed by atoms with Crippen molar-refractivity contribution in [2.24, 2.45) is 0 Å². The molecule has 46 heavy (non-hydrogen) atoms. The summed E-state index contributed by atoms with van der Waals surface area (Å²) in [7, 11) is 0. The van der Waals surface area contributed by atoms with Crippen LogP contribution in [0.1, 0.15) is 87.5 Å². The van der Waals surface area contributed by atoms with E-state index in [1.165, 1.54) is 45.1 Å². The quantitative estimate of drug-likeness (QED) is 0.0729. The van der Waals surface area contributed by atoms with E-state index < -0.39 is 0 Å². The van der Waals surface area contributed by atoms with Crippen molar-refractivity contribution in [3.63, 3.8) is 0 Å². The Morgan fingerprint density at radius 1 is 0.696 bits per heavy atom. The van der Waals surface area contributed by atoms with Gasteiger partial charge >= 0.3 is 5.97 Å². The Kier molecular flexibility index (Phi) is 11.5. The molecular formula is C42H49NO3. The normalized spacial score (nSPS) is 12.8. The van der Waals surface area contributed by atoms with Gasteiger partial charge in [-0.3, -0.25) is 0 Å². The van der Waals surface area contributed by atoms with Gasteiger partial charge in [-0.25, -0.2) is 4.79 Å². The van der Waals surface area contributed by atoms with E-state index in [4.69, 9.17) is 9.84 Å². The number of aliphatic hydroxyl groups is 1. The highest BCUT2D eigenvalue weighted by atomic mass is 16.5. The van der Waals surface area contributed by atoms with Crippen molar-refractivity contribution in [3.05, 3.63) is 126 Å². The molecule has 1 aliphatic carbocycles. The van der Waals surface area contributed by atoms with Gasteiger partial charge in [-0.05, 0) is 108 Å². The highest BCUT2D eigenvalue weighted by molar-refractivity contribution is 5.85. The minimum atomic E-state index is -0.343. The number of esters is 1. The van der Waals surface area contributed by atoms with Gasteiger partial charge in [0.05, 0.1) is 6.61 Å². The number of nitrogens with zero attached hydrogens (tertiary/aromatic N) is 1. The minimum absolute atomic E-state index is 0.0648. The number of unbranched alkanes of at least 4 members (excludes halogenated alkanes) is 6. The number of ether oxygens (including phenoxy) is 1. The topological polar surface area (TPSA) is 49.8 Å². The van der Waals surface area contributed by atoms with Gasteiger partial charge in [-0.1, -0.05) is 101 Å². The van der Waals surface area contributed by atoms with Gasteiger partial charge < -0.3 is 14.7 Å². The van der Waals surface area contributed by atoms with Gasteiger partial charge in [0.25, 0.3) is 0 Å². The van der Waals surface area contributed by atoms with Crippen molar-refractivity contribution in [2.75, 3.05) is 18.1 Å². The van der Waals surface area contributed by atoms with E-state index in [2.05, 4.69) is 116 Å². The van der Waals surface area contributed by atoms with Crippen LogP contribution in [-0.4, -0.2) is 24.3 Å². The maximum absolute atomic E-state index is 11.2. The third kappa shape index (κ3) is 7.97. The number of aliphatic hydroxyl groups excluding tert-OH is 1. The zero-order valence-corrected chi connectivity index (χ0v) is 27.6. The number of rotatable bonds is 17. The second-order valence-electron chi connectivity index (χ2n) is 13.0. The minimum Gasteiger partial charge on any atom is -0.463 e. The Morgan fingerprint density at radius 2 is 1.24 bits per heavy atom. The number of hydrogen-bond donors (Lipinski definition) is 1. The summed E-state index contributed by atoms with van der Waals surface area (Å²) >= 11 is 0. The first-order valence-corrected chi connectivity index (χ1v) is 17.0. The predicted molar refractivity (Wildman–Crippen MR) is 191 cm³/mol. The summed E-state index contributed by atoms with van der Waals surface area (Å²) in [6.07, 6.45) is 11.7. The standard InChI is InChI=1S/C42H49NO3/c1-4-41(45)46-30-14-8-6-10-16-33-21-25-35(26-22-33)43(34-23-19-32(20-24-34)15-9-5-7-13-29-44)36-27-28-38-37-17-11-12-18-39(37)42(2,3)40(38)31-36/h4,11-12,17-28,31,44H,1,5-10,13-16,29-30H2,2-3H3. The van der Waals surface area contributed by atoms with Gasteiger partial charge in [0.15, 0.2) is 0 Å². The zero-order chi connectivity index (χ0) is 32.4. The molecule has 0 heterocycles. The third-order valence-electron chi connectivity index (χ3n) is 9.36. The Morgan fingerprint density at radius 3 is 1.85 bits per heavy atom. The second-order valence-corrected chi connectivity index (χ2v) is 13.0. The van der Waals surface area contributed by atoms with Gasteiger partial charge in [0, 0.05) is 35.2 Å². The monoisotopic (exact) mass is 615 g/mol. The van der Waals surface area contributed by atoms with E-state index in [1.807, 2.05) is 0 Å². The van der Waals surface area contributed by atoms with Crippen molar-refractivity contribution in [3.8, 4) is 11.1 Å². The molecule has 240 valence electrons. The number of hydrogen-bond acceptors (Lipinski definition) is 4. The Balaban J connectivity index is 1.33. The van der Waals surface area contributed by atoms with E-state index in [1.54, 1.807) is 0 Å². The molecule has 4 aromatic carbocycles. The first-order chi connectivity index (χ1) is 22.4. The number of aryl methyl sites for hydroxylation is 2. The van der Waals surface area contributed by atoms with E-state index in [0.717, 1.165) is 75.6 Å². The summed E-state index contributed by atoms with van der Waals surface area (Å²) in [6, 6.07) is 33.9. The van der Waals surface area contributed by atoms with Crippen molar-refractivity contribution in [2.45, 2.75) is 83.5 Å². The fourth-order valence-electron chi connectivity index (χ4n) is 6.71. The molecule has 0 aliphatic heterocycles. The van der Waals surface area contributed by atoms with Crippen LogP contribution in [0.5, 0.6) is 0 Å². The first kappa shape index (κ1) is 33.2. The fraction of sp³-hybridized carbons (Fsp3) is 0.357. The zero-order valence-electron chi connectivity index (χ0n) is 27.6. The average molecular weight is 616 g/mol. The molecule has 0 bridgehead atoms. The second kappa shape index (κ2) is 15.9. The first-order valence-electron chi connectivity index (χ1n) is 17.0. The lowest BCUT2D eigenvalue weighted by Gasteiger charge is -2.28. The molecule has 0 radical (unpaired) electrons. The Hall–Kier alpha value is -4.15. The molecule has 0 atom stereocenters. The van der Waals surface area contributed by atoms with Crippen molar-refractivity contribution in [1.82, 2.24) is 0 Å². The van der Waals surface area contributed by atoms with Crippen LogP contribution in [0, 0.1) is 0 Å². The van der Waals surface area contributed by atoms with E-state index >= 15 is 0 Å². The summed E-state index contributed by atoms with van der Waals surface area (Å²) in [5.41, 5.74) is 11.5. The molecule has 0 amide bonds. The summed E-state index contributed by atoms with van der Waals surface area (Å²) < 4.78 is 5.08. The average Bonchev–Trinajstić information content (AvgIpc) is 3.31. The molecule has 0 spiro atoms. The molecule has 0 saturated carbocycles. The van der Waals surface area contributed by atoms with Crippen molar-refractivity contribution in [1.29, 1.82) is 0 Å². The van der Waals surface area contributed by atoms with Gasteiger partial charge in [0.2, 0.25) is 0 Å². The molecule has 5 rings (SSSR count). The van der Waals surface area contributed by atoms with Gasteiger partial charge in [-0.2, -0.15) is 0 Å². The van der Waals surface area contributed by atoms with Crippen LogP contribution < -0.4 is 4.90 Å². The van der Waals surface area contributed by atoms with Crippen LogP contribution in [0.3, 0.4) is 0 Å². The van der Waals surface area contributed by atoms with Crippen LogP contribution >= 0.6 is 0 Å². The summed E-state index contributed by atoms with van der Waals surface area (Å²) in [5, 5.41) is 9.07. The Bertz CT molecular complexity index is 1590. The molecule has 0 aromatic heterocycles. The van der Waals surface area contributed by atoms with Gasteiger partial charge in [-0.15, -0.1) is 0 Å². The summed E-state index contributed by atoms with van der Waals surface area (Å²) in [5.74, 6) is -0.343. The smallest absolute Gasteiger partial charge is 0.330 e. The molecule has 4 nitrogen and oxygen atoms in total. The molecule has 0 fully saturated rings. The predicted octanol–water partition coefficient (Wildman–Crippen LogP) is 10.4. The molecule has 1 N–H and O–H groups in total. The van der Waals surface area contributed by atoms with E-state index in [9.17, 15) is 4.79 Å². The highest BCUT2D eigenvalue weighted by Crippen LogP contribution is 2.50. The maximum atomic E-state index is 11.2. The van der Waals surface area contributed by atoms with Crippen LogP contribution in [-0.2, 0) is 27.8 Å². The number of benzene rings is 4. The molecule has 1 aliphatic rings. The molecule has 0 unspecified atom stereocenters. The summed E-state index contributed by atoms with van der Waals surface area (Å²) in [6.45, 7) is 8.86. The lowest BCUT2D eigenvalue weighted by molar-refractivity contribution is -0.137. The molecule has 4 aromatic rings. The van der Waals surface area contributed by atoms with Crippen molar-refractivity contribution < 1.29 is 14.6 Å². The van der Waals surface area contributed by atoms with Crippen LogP contribution in [0.15, 0.2) is 104 Å². The SMILES string of the molecule is C=CC(=O)OCCCCCCc1ccc(N(c2ccc(CCCCCCO)cc2)c2ccc3c(c2)C(C)(C)c2ccccc2-3)cc1.